The highest BCUT2D eigenvalue weighted by atomic mass is 16.5. The van der Waals surface area contributed by atoms with Gasteiger partial charge in [-0.05, 0) is 50.4 Å². The Balaban J connectivity index is 1.87. The number of rotatable bonds is 7. The van der Waals surface area contributed by atoms with Crippen molar-refractivity contribution in [3.63, 3.8) is 0 Å². The minimum absolute atomic E-state index is 0.528. The van der Waals surface area contributed by atoms with E-state index in [2.05, 4.69) is 41.8 Å². The number of benzene rings is 1. The highest BCUT2D eigenvalue weighted by Gasteiger charge is 2.21. The van der Waals surface area contributed by atoms with Gasteiger partial charge in [0.25, 0.3) is 0 Å². The first kappa shape index (κ1) is 14.5. The number of hydrogen-bond donors (Lipinski definition) is 2. The Kier molecular flexibility index (Phi) is 5.83. The van der Waals surface area contributed by atoms with E-state index in [0.29, 0.717) is 12.0 Å². The van der Waals surface area contributed by atoms with Gasteiger partial charge in [0, 0.05) is 19.2 Å². The molecule has 2 atom stereocenters. The van der Waals surface area contributed by atoms with Crippen LogP contribution in [0.15, 0.2) is 24.3 Å². The molecule has 0 saturated carbocycles. The molecule has 1 aliphatic heterocycles. The van der Waals surface area contributed by atoms with Crippen molar-refractivity contribution >= 4 is 0 Å². The molecule has 2 N–H and O–H groups in total. The normalized spacial score (nSPS) is 20.6. The molecule has 1 aromatic rings. The molecule has 19 heavy (non-hydrogen) atoms. The minimum Gasteiger partial charge on any atom is -0.381 e. The molecule has 3 heteroatoms. The summed E-state index contributed by atoms with van der Waals surface area (Å²) in [5.41, 5.74) is 2.86. The molecule has 0 aromatic heterocycles. The van der Waals surface area contributed by atoms with Crippen molar-refractivity contribution in [1.29, 1.82) is 0 Å². The summed E-state index contributed by atoms with van der Waals surface area (Å²) < 4.78 is 5.46. The second kappa shape index (κ2) is 7.63. The van der Waals surface area contributed by atoms with Crippen LogP contribution >= 0.6 is 0 Å². The average Bonchev–Trinajstić information content (AvgIpc) is 2.97. The Morgan fingerprint density at radius 3 is 2.79 bits per heavy atom. The highest BCUT2D eigenvalue weighted by molar-refractivity contribution is 5.27. The fourth-order valence-electron chi connectivity index (χ4n) is 2.62. The van der Waals surface area contributed by atoms with Gasteiger partial charge < -0.3 is 15.4 Å². The fraction of sp³-hybridized carbons (Fsp3) is 0.625. The van der Waals surface area contributed by atoms with E-state index in [1.54, 1.807) is 0 Å². The van der Waals surface area contributed by atoms with Crippen molar-refractivity contribution < 1.29 is 4.74 Å². The van der Waals surface area contributed by atoms with Gasteiger partial charge in [0.2, 0.25) is 0 Å². The zero-order valence-electron chi connectivity index (χ0n) is 12.1. The van der Waals surface area contributed by atoms with Gasteiger partial charge >= 0.3 is 0 Å². The summed E-state index contributed by atoms with van der Waals surface area (Å²) in [6.07, 6.45) is 2.28. The lowest BCUT2D eigenvalue weighted by Crippen LogP contribution is -2.33. The van der Waals surface area contributed by atoms with E-state index in [4.69, 9.17) is 4.74 Å². The largest absolute Gasteiger partial charge is 0.381 e. The predicted octanol–water partition coefficient (Wildman–Crippen LogP) is 1.96. The average molecular weight is 262 g/mol. The third kappa shape index (κ3) is 4.30. The van der Waals surface area contributed by atoms with Crippen LogP contribution in [0.5, 0.6) is 0 Å². The van der Waals surface area contributed by atoms with Crippen molar-refractivity contribution in [2.45, 2.75) is 32.4 Å². The van der Waals surface area contributed by atoms with Crippen molar-refractivity contribution in [3.8, 4) is 0 Å². The number of hydrogen-bond acceptors (Lipinski definition) is 3. The SMILES string of the molecule is CNCCc1ccccc1CNC(C)C1CCOC1. The summed E-state index contributed by atoms with van der Waals surface area (Å²) in [6, 6.07) is 9.25. The molecule has 1 aromatic carbocycles. The molecule has 2 unspecified atom stereocenters. The van der Waals surface area contributed by atoms with Gasteiger partial charge in [0.1, 0.15) is 0 Å². The summed E-state index contributed by atoms with van der Waals surface area (Å²) in [5, 5.41) is 6.87. The minimum atomic E-state index is 0.528. The standard InChI is InChI=1S/C16H26N2O/c1-13(16-8-10-19-12-16)18-11-15-6-4-3-5-14(15)7-9-17-2/h3-6,13,16-18H,7-12H2,1-2H3. The van der Waals surface area contributed by atoms with Gasteiger partial charge in [-0.3, -0.25) is 0 Å². The topological polar surface area (TPSA) is 33.3 Å². The molecule has 0 amide bonds. The Labute approximate surface area is 116 Å². The van der Waals surface area contributed by atoms with Gasteiger partial charge in [-0.1, -0.05) is 24.3 Å². The van der Waals surface area contributed by atoms with E-state index < -0.39 is 0 Å². The van der Waals surface area contributed by atoms with Crippen LogP contribution in [0, 0.1) is 5.92 Å². The maximum absolute atomic E-state index is 5.46. The predicted molar refractivity (Wildman–Crippen MR) is 79.3 cm³/mol. The molecule has 3 nitrogen and oxygen atoms in total. The molecule has 0 bridgehead atoms. The molecule has 106 valence electrons. The van der Waals surface area contributed by atoms with E-state index in [1.165, 1.54) is 17.5 Å². The Morgan fingerprint density at radius 1 is 1.32 bits per heavy atom. The van der Waals surface area contributed by atoms with E-state index in [1.807, 2.05) is 7.05 Å². The molecule has 1 heterocycles. The van der Waals surface area contributed by atoms with E-state index >= 15 is 0 Å². The van der Waals surface area contributed by atoms with Crippen LogP contribution in [-0.4, -0.2) is 32.8 Å². The second-order valence-electron chi connectivity index (χ2n) is 5.42. The van der Waals surface area contributed by atoms with E-state index in [0.717, 1.165) is 32.7 Å². The first-order valence-electron chi connectivity index (χ1n) is 7.33. The van der Waals surface area contributed by atoms with Gasteiger partial charge in [-0.25, -0.2) is 0 Å². The van der Waals surface area contributed by atoms with Crippen molar-refractivity contribution in [3.05, 3.63) is 35.4 Å². The molecule has 0 spiro atoms. The van der Waals surface area contributed by atoms with Gasteiger partial charge in [-0.15, -0.1) is 0 Å². The van der Waals surface area contributed by atoms with Crippen molar-refractivity contribution in [1.82, 2.24) is 10.6 Å². The number of nitrogens with one attached hydrogen (secondary N) is 2. The van der Waals surface area contributed by atoms with Crippen LogP contribution in [0.2, 0.25) is 0 Å². The van der Waals surface area contributed by atoms with E-state index in [-0.39, 0.29) is 0 Å². The lowest BCUT2D eigenvalue weighted by Gasteiger charge is -2.20. The molecule has 1 saturated heterocycles. The maximum Gasteiger partial charge on any atom is 0.0509 e. The lowest BCUT2D eigenvalue weighted by molar-refractivity contribution is 0.178. The zero-order valence-corrected chi connectivity index (χ0v) is 12.1. The smallest absolute Gasteiger partial charge is 0.0509 e. The fourth-order valence-corrected chi connectivity index (χ4v) is 2.62. The Bertz CT molecular complexity index is 375. The zero-order chi connectivity index (χ0) is 13.5. The van der Waals surface area contributed by atoms with Crippen LogP contribution in [0.3, 0.4) is 0 Å². The number of likely N-dealkylation sites (N-methyl/N-ethyl adjacent to an activating group) is 1. The van der Waals surface area contributed by atoms with Gasteiger partial charge in [0.05, 0.1) is 6.61 Å². The summed E-state index contributed by atoms with van der Waals surface area (Å²) >= 11 is 0. The third-order valence-electron chi connectivity index (χ3n) is 4.05. The van der Waals surface area contributed by atoms with E-state index in [9.17, 15) is 0 Å². The summed E-state index contributed by atoms with van der Waals surface area (Å²) in [5.74, 6) is 0.671. The van der Waals surface area contributed by atoms with Crippen molar-refractivity contribution in [2.24, 2.45) is 5.92 Å². The second-order valence-corrected chi connectivity index (χ2v) is 5.42. The lowest BCUT2D eigenvalue weighted by atomic mass is 9.99. The molecule has 2 rings (SSSR count). The number of ether oxygens (including phenoxy) is 1. The monoisotopic (exact) mass is 262 g/mol. The van der Waals surface area contributed by atoms with Crippen LogP contribution < -0.4 is 10.6 Å². The first-order chi connectivity index (χ1) is 9.31. The van der Waals surface area contributed by atoms with Crippen LogP contribution in [0.4, 0.5) is 0 Å². The Morgan fingerprint density at radius 2 is 2.11 bits per heavy atom. The quantitative estimate of drug-likeness (QED) is 0.788. The first-order valence-corrected chi connectivity index (χ1v) is 7.33. The summed E-state index contributed by atoms with van der Waals surface area (Å²) in [7, 11) is 2.00. The van der Waals surface area contributed by atoms with Gasteiger partial charge in [-0.2, -0.15) is 0 Å². The van der Waals surface area contributed by atoms with Crippen LogP contribution in [0.1, 0.15) is 24.5 Å². The van der Waals surface area contributed by atoms with Crippen molar-refractivity contribution in [2.75, 3.05) is 26.8 Å². The molecular weight excluding hydrogens is 236 g/mol. The molecule has 1 fully saturated rings. The molecule has 0 radical (unpaired) electrons. The van der Waals surface area contributed by atoms with Crippen LogP contribution in [-0.2, 0) is 17.7 Å². The van der Waals surface area contributed by atoms with Crippen LogP contribution in [0.25, 0.3) is 0 Å². The molecule has 0 aliphatic carbocycles. The summed E-state index contributed by atoms with van der Waals surface area (Å²) in [6.45, 7) is 6.10. The third-order valence-corrected chi connectivity index (χ3v) is 4.05. The van der Waals surface area contributed by atoms with Gasteiger partial charge in [0.15, 0.2) is 0 Å². The maximum atomic E-state index is 5.46. The Hall–Kier alpha value is -0.900. The highest BCUT2D eigenvalue weighted by Crippen LogP contribution is 2.17. The molecular formula is C16H26N2O. The summed E-state index contributed by atoms with van der Waals surface area (Å²) in [4.78, 5) is 0. The molecule has 1 aliphatic rings.